The molecule has 0 aliphatic heterocycles. The number of imidazole rings is 1. The third kappa shape index (κ3) is 2.98. The van der Waals surface area contributed by atoms with Crippen LogP contribution in [0.4, 0.5) is 4.79 Å². The summed E-state index contributed by atoms with van der Waals surface area (Å²) in [5.41, 5.74) is 0.904. The van der Waals surface area contributed by atoms with Crippen LogP contribution >= 0.6 is 11.6 Å². The Morgan fingerprint density at radius 3 is 2.72 bits per heavy atom. The summed E-state index contributed by atoms with van der Waals surface area (Å²) in [5, 5.41) is 3.30. The van der Waals surface area contributed by atoms with Gasteiger partial charge in [0, 0.05) is 5.54 Å². The number of halogens is 1. The summed E-state index contributed by atoms with van der Waals surface area (Å²) in [7, 11) is 0. The lowest BCUT2D eigenvalue weighted by Gasteiger charge is -2.28. The highest BCUT2D eigenvalue weighted by Crippen LogP contribution is 2.55. The van der Waals surface area contributed by atoms with Gasteiger partial charge in [-0.05, 0) is 37.7 Å². The highest BCUT2D eigenvalue weighted by Gasteiger charge is 2.57. The molecule has 8 nitrogen and oxygen atoms in total. The normalized spacial score (nSPS) is 25.4. The number of benzene rings is 1. The first-order valence-corrected chi connectivity index (χ1v) is 9.99. The second kappa shape index (κ2) is 6.59. The number of amides is 1. The van der Waals surface area contributed by atoms with Crippen LogP contribution in [0.3, 0.4) is 0 Å². The predicted molar refractivity (Wildman–Crippen MR) is 107 cm³/mol. The second-order valence-corrected chi connectivity index (χ2v) is 8.35. The van der Waals surface area contributed by atoms with Gasteiger partial charge in [-0.1, -0.05) is 41.9 Å². The minimum absolute atomic E-state index is 0.227. The molecule has 150 valence electrons. The van der Waals surface area contributed by atoms with E-state index in [9.17, 15) is 9.59 Å². The van der Waals surface area contributed by atoms with E-state index in [1.54, 1.807) is 4.57 Å². The molecule has 0 spiro atoms. The molecule has 29 heavy (non-hydrogen) atoms. The Bertz CT molecular complexity index is 1130. The fraction of sp³-hybridized carbons (Fsp3) is 0.400. The summed E-state index contributed by atoms with van der Waals surface area (Å²) < 4.78 is 7.12. The predicted octanol–water partition coefficient (Wildman–Crippen LogP) is 3.11. The zero-order valence-electron chi connectivity index (χ0n) is 15.7. The van der Waals surface area contributed by atoms with Crippen LogP contribution in [0.15, 0.2) is 41.5 Å². The van der Waals surface area contributed by atoms with Crippen LogP contribution in [0.5, 0.6) is 0 Å². The maximum Gasteiger partial charge on any atom is 0.407 e. The zero-order chi connectivity index (χ0) is 20.1. The Morgan fingerprint density at radius 2 is 1.97 bits per heavy atom. The van der Waals surface area contributed by atoms with E-state index in [2.05, 4.69) is 20.3 Å². The highest BCUT2D eigenvalue weighted by atomic mass is 35.5. The lowest BCUT2D eigenvalue weighted by Crippen LogP contribution is -2.45. The van der Waals surface area contributed by atoms with Gasteiger partial charge in [0.15, 0.2) is 10.8 Å². The van der Waals surface area contributed by atoms with Crippen molar-refractivity contribution in [3.63, 3.8) is 0 Å². The van der Waals surface area contributed by atoms with Gasteiger partial charge < -0.3 is 15.0 Å². The van der Waals surface area contributed by atoms with E-state index in [-0.39, 0.29) is 28.5 Å². The van der Waals surface area contributed by atoms with Gasteiger partial charge >= 0.3 is 11.8 Å². The van der Waals surface area contributed by atoms with Crippen LogP contribution < -0.4 is 11.0 Å². The third-order valence-corrected chi connectivity index (χ3v) is 6.57. The first kappa shape index (κ1) is 18.2. The molecule has 2 aromatic heterocycles. The molecular formula is C20H20ClN5O3. The third-order valence-electron chi connectivity index (χ3n) is 6.29. The van der Waals surface area contributed by atoms with Crippen LogP contribution in [0.25, 0.3) is 11.2 Å². The molecule has 2 aliphatic carbocycles. The number of nitrogens with zero attached hydrogens (tertiary/aromatic N) is 3. The number of aromatic amines is 1. The van der Waals surface area contributed by atoms with Crippen molar-refractivity contribution >= 4 is 28.9 Å². The van der Waals surface area contributed by atoms with Gasteiger partial charge in [0.05, 0.1) is 5.54 Å². The molecule has 0 radical (unpaired) electrons. The van der Waals surface area contributed by atoms with E-state index in [1.807, 2.05) is 30.3 Å². The molecule has 2 fully saturated rings. The maximum atomic E-state index is 12.7. The number of carbonyl (C=O) groups excluding carboxylic acids is 1. The second-order valence-electron chi connectivity index (χ2n) is 8.00. The minimum atomic E-state index is -0.428. The van der Waals surface area contributed by atoms with Gasteiger partial charge in [0.2, 0.25) is 0 Å². The summed E-state index contributed by atoms with van der Waals surface area (Å²) in [5.74, 6) is 0. The molecule has 1 amide bonds. The van der Waals surface area contributed by atoms with E-state index < -0.39 is 6.09 Å². The summed E-state index contributed by atoms with van der Waals surface area (Å²) in [6.45, 7) is 0.227. The number of rotatable bonds is 4. The van der Waals surface area contributed by atoms with Gasteiger partial charge in [-0.2, -0.15) is 0 Å². The molecule has 2 aliphatic rings. The van der Waals surface area contributed by atoms with Crippen LogP contribution in [0, 0.1) is 0 Å². The maximum absolute atomic E-state index is 12.7. The smallest absolute Gasteiger partial charge is 0.407 e. The fourth-order valence-corrected chi connectivity index (χ4v) is 5.13. The van der Waals surface area contributed by atoms with Gasteiger partial charge in [-0.3, -0.25) is 4.57 Å². The number of H-pyrrole nitrogens is 1. The van der Waals surface area contributed by atoms with Crippen molar-refractivity contribution in [3.8, 4) is 0 Å². The average molecular weight is 414 g/mol. The molecule has 5 rings (SSSR count). The van der Waals surface area contributed by atoms with E-state index in [0.717, 1.165) is 31.2 Å². The van der Waals surface area contributed by atoms with E-state index in [4.69, 9.17) is 16.3 Å². The number of alkyl carbamates (subject to hydrolysis) is 1. The van der Waals surface area contributed by atoms with E-state index in [0.29, 0.717) is 17.6 Å². The number of nitrogens with one attached hydrogen (secondary N) is 2. The van der Waals surface area contributed by atoms with Crippen molar-refractivity contribution in [2.75, 3.05) is 0 Å². The Kier molecular flexibility index (Phi) is 4.13. The van der Waals surface area contributed by atoms with Crippen LogP contribution in [-0.2, 0) is 16.9 Å². The van der Waals surface area contributed by atoms with Crippen LogP contribution in [-0.4, -0.2) is 31.2 Å². The quantitative estimate of drug-likeness (QED) is 0.640. The Balaban J connectivity index is 1.35. The first-order valence-electron chi connectivity index (χ1n) is 9.61. The van der Waals surface area contributed by atoms with Crippen molar-refractivity contribution in [1.29, 1.82) is 0 Å². The topological polar surface area (TPSA) is 102 Å². The molecule has 2 N–H and O–H groups in total. The highest BCUT2D eigenvalue weighted by molar-refractivity contribution is 6.33. The molecule has 0 saturated heterocycles. The number of aromatic nitrogens is 4. The summed E-state index contributed by atoms with van der Waals surface area (Å²) in [4.78, 5) is 36.2. The average Bonchev–Trinajstić information content (AvgIpc) is 3.37. The van der Waals surface area contributed by atoms with Gasteiger partial charge in [0.1, 0.15) is 18.5 Å². The van der Waals surface area contributed by atoms with E-state index in [1.165, 1.54) is 6.33 Å². The minimum Gasteiger partial charge on any atom is -0.445 e. The van der Waals surface area contributed by atoms with Gasteiger partial charge in [-0.15, -0.1) is 0 Å². The Morgan fingerprint density at radius 1 is 1.21 bits per heavy atom. The Labute approximate surface area is 171 Å². The molecule has 0 atom stereocenters. The lowest BCUT2D eigenvalue weighted by atomic mass is 9.91. The lowest BCUT2D eigenvalue weighted by molar-refractivity contribution is 0.126. The number of hydrogen-bond donors (Lipinski definition) is 2. The van der Waals surface area contributed by atoms with Crippen LogP contribution in [0.2, 0.25) is 5.15 Å². The van der Waals surface area contributed by atoms with Crippen molar-refractivity contribution < 1.29 is 9.53 Å². The molecule has 2 bridgehead atoms. The van der Waals surface area contributed by atoms with Crippen molar-refractivity contribution in [2.24, 2.45) is 0 Å². The summed E-state index contributed by atoms with van der Waals surface area (Å²) >= 11 is 6.12. The largest absolute Gasteiger partial charge is 0.445 e. The van der Waals surface area contributed by atoms with Gasteiger partial charge in [0.25, 0.3) is 0 Å². The molecular weight excluding hydrogens is 394 g/mol. The van der Waals surface area contributed by atoms with Crippen LogP contribution in [0.1, 0.15) is 37.7 Å². The number of hydrogen-bond acceptors (Lipinski definition) is 5. The van der Waals surface area contributed by atoms with Gasteiger partial charge in [-0.25, -0.2) is 19.6 Å². The molecule has 2 heterocycles. The molecule has 9 heteroatoms. The summed E-state index contributed by atoms with van der Waals surface area (Å²) in [6, 6.07) is 9.57. The SMILES string of the molecule is O=C(NC12CCC(n3c(=O)[nH]c4c(Cl)ncnc43)(CC1)C2)OCc1ccccc1. The first-order chi connectivity index (χ1) is 14.0. The van der Waals surface area contributed by atoms with Crippen molar-refractivity contribution in [1.82, 2.24) is 24.8 Å². The number of fused-ring (bicyclic) bond motifs is 3. The molecule has 3 aromatic rings. The summed E-state index contributed by atoms with van der Waals surface area (Å²) in [6.07, 6.45) is 4.72. The molecule has 1 aromatic carbocycles. The van der Waals surface area contributed by atoms with Crippen molar-refractivity contribution in [2.45, 2.75) is 49.8 Å². The fourth-order valence-electron chi connectivity index (χ4n) is 4.96. The monoisotopic (exact) mass is 413 g/mol. The van der Waals surface area contributed by atoms with Crippen molar-refractivity contribution in [3.05, 3.63) is 57.9 Å². The number of ether oxygens (including phenoxy) is 1. The number of carbonyl (C=O) groups is 1. The standard InChI is InChI=1S/C20H20ClN5O3/c21-15-14-16(23-12-22-15)26(17(27)24-14)20-8-6-19(11-20,7-9-20)25-18(28)29-10-13-4-2-1-3-5-13/h1-5,12H,6-11H2,(H,24,27)(H,25,28). The molecule has 0 unspecified atom stereocenters. The zero-order valence-corrected chi connectivity index (χ0v) is 16.4. The molecule has 2 saturated carbocycles. The van der Waals surface area contributed by atoms with E-state index >= 15 is 0 Å². The Hall–Kier alpha value is -2.87.